The molecule has 0 saturated carbocycles. The van der Waals surface area contributed by atoms with E-state index >= 15 is 0 Å². The molecule has 0 bridgehead atoms. The van der Waals surface area contributed by atoms with Crippen molar-refractivity contribution in [3.63, 3.8) is 0 Å². The Hall–Kier alpha value is -1.54. The minimum Gasteiger partial charge on any atom is -0.478 e. The number of carbonyl (C=O) groups is 1. The predicted molar refractivity (Wildman–Crippen MR) is 74.5 cm³/mol. The predicted octanol–water partition coefficient (Wildman–Crippen LogP) is 4.71. The van der Waals surface area contributed by atoms with Gasteiger partial charge in [0, 0.05) is 11.1 Å². The van der Waals surface area contributed by atoms with Crippen LogP contribution < -0.4 is 0 Å². The Morgan fingerprint density at radius 1 is 1.29 bits per heavy atom. The number of hydrogen-bond donors (Lipinski definition) is 1. The van der Waals surface area contributed by atoms with Crippen LogP contribution in [0.1, 0.15) is 15.9 Å². The van der Waals surface area contributed by atoms with Gasteiger partial charge in [0.15, 0.2) is 0 Å². The molecule has 0 aliphatic rings. The summed E-state index contributed by atoms with van der Waals surface area (Å²) in [6, 6.07) is 6.42. The topological polar surface area (TPSA) is 50.2 Å². The molecule has 2 aromatic rings. The third kappa shape index (κ3) is 3.76. The summed E-state index contributed by atoms with van der Waals surface area (Å²) in [5.74, 6) is -1.62. The second kappa shape index (κ2) is 6.07. The van der Waals surface area contributed by atoms with Crippen molar-refractivity contribution in [1.29, 1.82) is 0 Å². The summed E-state index contributed by atoms with van der Waals surface area (Å²) in [5, 5.41) is 9.48. The van der Waals surface area contributed by atoms with E-state index in [2.05, 4.69) is 20.9 Å². The molecule has 0 radical (unpaired) electrons. The number of alkyl halides is 3. The first-order chi connectivity index (χ1) is 9.79. The van der Waals surface area contributed by atoms with Crippen LogP contribution in [-0.2, 0) is 6.18 Å². The average molecular weight is 378 g/mol. The van der Waals surface area contributed by atoms with Crippen molar-refractivity contribution in [2.24, 2.45) is 0 Å². The third-order valence-electron chi connectivity index (χ3n) is 2.47. The number of nitrogens with zero attached hydrogens (tertiary/aromatic N) is 1. The number of carboxylic acid groups (broad SMARTS) is 1. The molecule has 0 atom stereocenters. The van der Waals surface area contributed by atoms with Crippen LogP contribution in [0.2, 0.25) is 0 Å². The molecule has 1 aromatic carbocycles. The van der Waals surface area contributed by atoms with E-state index in [1.165, 1.54) is 12.3 Å². The molecule has 8 heteroatoms. The van der Waals surface area contributed by atoms with Gasteiger partial charge in [0.1, 0.15) is 5.03 Å². The lowest BCUT2D eigenvalue weighted by atomic mass is 10.1. The maximum Gasteiger partial charge on any atom is 0.417 e. The van der Waals surface area contributed by atoms with Crippen molar-refractivity contribution in [1.82, 2.24) is 4.98 Å². The van der Waals surface area contributed by atoms with Crippen LogP contribution in [0.4, 0.5) is 13.2 Å². The highest BCUT2D eigenvalue weighted by molar-refractivity contribution is 9.10. The Morgan fingerprint density at radius 3 is 2.57 bits per heavy atom. The fraction of sp³-hybridized carbons (Fsp3) is 0.0769. The monoisotopic (exact) mass is 377 g/mol. The van der Waals surface area contributed by atoms with E-state index in [1.807, 2.05) is 0 Å². The van der Waals surface area contributed by atoms with Gasteiger partial charge in [-0.25, -0.2) is 9.78 Å². The van der Waals surface area contributed by atoms with Crippen LogP contribution in [0.5, 0.6) is 0 Å². The van der Waals surface area contributed by atoms with E-state index in [-0.39, 0.29) is 0 Å². The molecule has 110 valence electrons. The van der Waals surface area contributed by atoms with E-state index in [0.29, 0.717) is 14.4 Å². The Morgan fingerprint density at radius 2 is 2.00 bits per heavy atom. The Labute approximate surface area is 130 Å². The van der Waals surface area contributed by atoms with Gasteiger partial charge in [0.25, 0.3) is 0 Å². The van der Waals surface area contributed by atoms with E-state index < -0.39 is 23.3 Å². The van der Waals surface area contributed by atoms with Gasteiger partial charge in [-0.3, -0.25) is 0 Å². The van der Waals surface area contributed by atoms with Gasteiger partial charge in [-0.05, 0) is 46.3 Å². The molecule has 2 rings (SSSR count). The summed E-state index contributed by atoms with van der Waals surface area (Å²) >= 11 is 4.34. The fourth-order valence-electron chi connectivity index (χ4n) is 1.57. The van der Waals surface area contributed by atoms with Gasteiger partial charge in [-0.1, -0.05) is 11.8 Å². The number of pyridine rings is 1. The molecule has 0 saturated heterocycles. The highest BCUT2D eigenvalue weighted by atomic mass is 79.9. The summed E-state index contributed by atoms with van der Waals surface area (Å²) in [6.07, 6.45) is -3.17. The quantitative estimate of drug-likeness (QED) is 0.841. The number of carboxylic acids is 1. The van der Waals surface area contributed by atoms with Crippen molar-refractivity contribution < 1.29 is 23.1 Å². The number of benzene rings is 1. The molecule has 1 aromatic heterocycles. The molecule has 0 fully saturated rings. The Kier molecular flexibility index (Phi) is 4.58. The normalized spacial score (nSPS) is 11.4. The van der Waals surface area contributed by atoms with Crippen LogP contribution in [0.15, 0.2) is 50.9 Å². The van der Waals surface area contributed by atoms with Crippen molar-refractivity contribution in [3.8, 4) is 0 Å². The lowest BCUT2D eigenvalue weighted by molar-refractivity contribution is -0.138. The summed E-state index contributed by atoms with van der Waals surface area (Å²) in [4.78, 5) is 15.4. The van der Waals surface area contributed by atoms with Crippen LogP contribution in [-0.4, -0.2) is 16.1 Å². The SMILES string of the molecule is O=C(O)c1cc(Sc2ncccc2Br)ccc1C(F)(F)F. The third-order valence-corrected chi connectivity index (χ3v) is 4.38. The van der Waals surface area contributed by atoms with Gasteiger partial charge in [-0.2, -0.15) is 13.2 Å². The van der Waals surface area contributed by atoms with E-state index in [9.17, 15) is 18.0 Å². The largest absolute Gasteiger partial charge is 0.478 e. The van der Waals surface area contributed by atoms with E-state index in [0.717, 1.165) is 23.9 Å². The maximum atomic E-state index is 12.7. The summed E-state index contributed by atoms with van der Waals surface area (Å²) in [5.41, 5.74) is -1.95. The first-order valence-corrected chi connectivity index (χ1v) is 7.13. The Bertz CT molecular complexity index is 691. The van der Waals surface area contributed by atoms with Crippen molar-refractivity contribution in [2.45, 2.75) is 16.1 Å². The molecule has 21 heavy (non-hydrogen) atoms. The summed E-state index contributed by atoms with van der Waals surface area (Å²) in [6.45, 7) is 0. The molecule has 3 nitrogen and oxygen atoms in total. The molecule has 0 amide bonds. The minimum atomic E-state index is -4.71. The molecule has 0 spiro atoms. The smallest absolute Gasteiger partial charge is 0.417 e. The Balaban J connectivity index is 2.42. The van der Waals surface area contributed by atoms with Crippen LogP contribution in [0, 0.1) is 0 Å². The lowest BCUT2D eigenvalue weighted by Gasteiger charge is -2.11. The average Bonchev–Trinajstić information content (AvgIpc) is 2.40. The number of rotatable bonds is 3. The van der Waals surface area contributed by atoms with Crippen molar-refractivity contribution in [3.05, 3.63) is 52.1 Å². The molecular weight excluding hydrogens is 371 g/mol. The van der Waals surface area contributed by atoms with Gasteiger partial charge in [0.05, 0.1) is 15.6 Å². The van der Waals surface area contributed by atoms with Crippen LogP contribution in [0.3, 0.4) is 0 Å². The number of hydrogen-bond acceptors (Lipinski definition) is 3. The number of halogens is 4. The standard InChI is InChI=1S/C13H7BrF3NO2S/c14-10-2-1-5-18-11(10)21-7-3-4-9(13(15,16)17)8(6-7)12(19)20/h1-6H,(H,19,20). The van der Waals surface area contributed by atoms with Crippen LogP contribution >= 0.6 is 27.7 Å². The highest BCUT2D eigenvalue weighted by Crippen LogP contribution is 2.37. The zero-order chi connectivity index (χ0) is 15.6. The zero-order valence-electron chi connectivity index (χ0n) is 10.2. The molecule has 0 aliphatic carbocycles. The summed E-state index contributed by atoms with van der Waals surface area (Å²) in [7, 11) is 0. The second-order valence-corrected chi connectivity index (χ2v) is 5.82. The molecule has 0 aliphatic heterocycles. The highest BCUT2D eigenvalue weighted by Gasteiger charge is 2.35. The first kappa shape index (κ1) is 15.8. The van der Waals surface area contributed by atoms with E-state index in [4.69, 9.17) is 5.11 Å². The van der Waals surface area contributed by atoms with Gasteiger partial charge in [-0.15, -0.1) is 0 Å². The maximum absolute atomic E-state index is 12.7. The van der Waals surface area contributed by atoms with E-state index in [1.54, 1.807) is 12.1 Å². The molecule has 1 heterocycles. The summed E-state index contributed by atoms with van der Waals surface area (Å²) < 4.78 is 38.9. The second-order valence-electron chi connectivity index (χ2n) is 3.90. The van der Waals surface area contributed by atoms with Crippen molar-refractivity contribution >= 4 is 33.7 Å². The van der Waals surface area contributed by atoms with Crippen molar-refractivity contribution in [2.75, 3.05) is 0 Å². The minimum absolute atomic E-state index is 0.361. The molecule has 0 unspecified atom stereocenters. The molecule has 1 N–H and O–H groups in total. The fourth-order valence-corrected chi connectivity index (χ4v) is 2.88. The molecular formula is C13H7BrF3NO2S. The van der Waals surface area contributed by atoms with Gasteiger partial charge in [0.2, 0.25) is 0 Å². The first-order valence-electron chi connectivity index (χ1n) is 5.52. The van der Waals surface area contributed by atoms with Gasteiger partial charge >= 0.3 is 12.1 Å². The lowest BCUT2D eigenvalue weighted by Crippen LogP contribution is -2.12. The zero-order valence-corrected chi connectivity index (χ0v) is 12.6. The van der Waals surface area contributed by atoms with Crippen LogP contribution in [0.25, 0.3) is 0 Å². The van der Waals surface area contributed by atoms with Gasteiger partial charge < -0.3 is 5.11 Å². The number of aromatic carboxylic acids is 1. The number of aromatic nitrogens is 1.